The van der Waals surface area contributed by atoms with Gasteiger partial charge in [0.05, 0.1) is 10.9 Å². The van der Waals surface area contributed by atoms with Crippen molar-refractivity contribution in [2.45, 2.75) is 11.8 Å². The summed E-state index contributed by atoms with van der Waals surface area (Å²) < 4.78 is 25.8. The summed E-state index contributed by atoms with van der Waals surface area (Å²) in [5.41, 5.74) is 0. The van der Waals surface area contributed by atoms with E-state index in [-0.39, 0.29) is 16.5 Å². The van der Waals surface area contributed by atoms with E-state index in [1.165, 1.54) is 19.1 Å². The van der Waals surface area contributed by atoms with Crippen LogP contribution >= 0.6 is 11.6 Å². The average molecular weight is 278 g/mol. The lowest BCUT2D eigenvalue weighted by atomic mass is 10.2. The molecule has 0 heterocycles. The first-order valence-corrected chi connectivity index (χ1v) is 6.67. The molecule has 0 radical (unpaired) electrons. The molecule has 1 rings (SSSR count). The van der Waals surface area contributed by atoms with Gasteiger partial charge in [0.2, 0.25) is 10.0 Å². The summed E-state index contributed by atoms with van der Waals surface area (Å²) in [6.45, 7) is 1.24. The molecule has 5 nitrogen and oxygen atoms in total. The van der Waals surface area contributed by atoms with Crippen LogP contribution in [0.4, 0.5) is 0 Å². The van der Waals surface area contributed by atoms with Gasteiger partial charge in [0.1, 0.15) is 4.90 Å². The zero-order chi connectivity index (χ0) is 13.1. The maximum Gasteiger partial charge on any atom is 0.307 e. The monoisotopic (exact) mass is 277 g/mol. The van der Waals surface area contributed by atoms with Gasteiger partial charge < -0.3 is 5.11 Å². The highest BCUT2D eigenvalue weighted by molar-refractivity contribution is 7.89. The fourth-order valence-corrected chi connectivity index (χ4v) is 2.71. The van der Waals surface area contributed by atoms with E-state index in [0.29, 0.717) is 0 Å². The van der Waals surface area contributed by atoms with Crippen molar-refractivity contribution in [2.24, 2.45) is 5.92 Å². The Morgan fingerprint density at radius 2 is 2.06 bits per heavy atom. The second-order valence-corrected chi connectivity index (χ2v) is 5.66. The number of carboxylic acids is 1. The van der Waals surface area contributed by atoms with E-state index in [1.54, 1.807) is 12.1 Å². The molecule has 0 aliphatic rings. The fraction of sp³-hybridized carbons (Fsp3) is 0.300. The van der Waals surface area contributed by atoms with E-state index in [9.17, 15) is 13.2 Å². The van der Waals surface area contributed by atoms with Crippen LogP contribution in [0.25, 0.3) is 0 Å². The molecule has 2 N–H and O–H groups in total. The van der Waals surface area contributed by atoms with Crippen LogP contribution in [0.1, 0.15) is 6.92 Å². The van der Waals surface area contributed by atoms with E-state index < -0.39 is 21.9 Å². The van der Waals surface area contributed by atoms with Crippen LogP contribution in [0.15, 0.2) is 29.2 Å². The molecule has 0 aromatic heterocycles. The number of halogens is 1. The Balaban J connectivity index is 2.84. The number of carboxylic acid groups (broad SMARTS) is 1. The number of hydrogen-bond donors (Lipinski definition) is 2. The van der Waals surface area contributed by atoms with E-state index >= 15 is 0 Å². The zero-order valence-electron chi connectivity index (χ0n) is 9.05. The molecule has 0 fully saturated rings. The molecular formula is C10H12ClNO4S. The minimum atomic E-state index is -3.76. The van der Waals surface area contributed by atoms with Gasteiger partial charge in [-0.2, -0.15) is 0 Å². The van der Waals surface area contributed by atoms with Crippen molar-refractivity contribution in [2.75, 3.05) is 6.54 Å². The Labute approximate surface area is 104 Å². The number of rotatable bonds is 5. The van der Waals surface area contributed by atoms with Crippen LogP contribution in [0, 0.1) is 5.92 Å². The van der Waals surface area contributed by atoms with Crippen molar-refractivity contribution >= 4 is 27.6 Å². The molecule has 0 saturated carbocycles. The number of nitrogens with one attached hydrogen (secondary N) is 1. The first kappa shape index (κ1) is 14.0. The number of aliphatic carboxylic acids is 1. The second kappa shape index (κ2) is 5.48. The lowest BCUT2D eigenvalue weighted by Crippen LogP contribution is -2.31. The van der Waals surface area contributed by atoms with Gasteiger partial charge in [-0.3, -0.25) is 4.79 Å². The standard InChI is InChI=1S/C10H12ClNO4S/c1-7(10(13)14)6-12-17(15,16)9-5-3-2-4-8(9)11/h2-5,7,12H,6H2,1H3,(H,13,14). The summed E-state index contributed by atoms with van der Waals surface area (Å²) in [4.78, 5) is 10.5. The summed E-state index contributed by atoms with van der Waals surface area (Å²) in [7, 11) is -3.76. The number of carbonyl (C=O) groups is 1. The highest BCUT2D eigenvalue weighted by Crippen LogP contribution is 2.20. The smallest absolute Gasteiger partial charge is 0.307 e. The predicted molar refractivity (Wildman–Crippen MR) is 63.4 cm³/mol. The van der Waals surface area contributed by atoms with Gasteiger partial charge in [0, 0.05) is 6.54 Å². The molecule has 94 valence electrons. The van der Waals surface area contributed by atoms with Gasteiger partial charge in [0.15, 0.2) is 0 Å². The normalized spacial score (nSPS) is 13.3. The van der Waals surface area contributed by atoms with E-state index in [1.807, 2.05) is 0 Å². The largest absolute Gasteiger partial charge is 0.481 e. The van der Waals surface area contributed by atoms with Gasteiger partial charge in [-0.05, 0) is 12.1 Å². The lowest BCUT2D eigenvalue weighted by Gasteiger charge is -2.10. The Hall–Kier alpha value is -1.11. The minimum absolute atomic E-state index is 0.0562. The molecule has 0 aliphatic heterocycles. The minimum Gasteiger partial charge on any atom is -0.481 e. The highest BCUT2D eigenvalue weighted by atomic mass is 35.5. The first-order valence-electron chi connectivity index (χ1n) is 4.81. The lowest BCUT2D eigenvalue weighted by molar-refractivity contribution is -0.140. The van der Waals surface area contributed by atoms with Crippen molar-refractivity contribution < 1.29 is 18.3 Å². The van der Waals surface area contributed by atoms with E-state index in [2.05, 4.69) is 4.72 Å². The van der Waals surface area contributed by atoms with Crippen LogP contribution in [0.5, 0.6) is 0 Å². The predicted octanol–water partition coefficient (Wildman–Crippen LogP) is 1.34. The van der Waals surface area contributed by atoms with Crippen molar-refractivity contribution in [3.8, 4) is 0 Å². The topological polar surface area (TPSA) is 83.5 Å². The molecular weight excluding hydrogens is 266 g/mol. The molecule has 17 heavy (non-hydrogen) atoms. The quantitative estimate of drug-likeness (QED) is 0.851. The third kappa shape index (κ3) is 3.69. The molecule has 0 saturated heterocycles. The summed E-state index contributed by atoms with van der Waals surface area (Å²) in [5.74, 6) is -1.86. The maximum atomic E-state index is 11.8. The van der Waals surface area contributed by atoms with Crippen molar-refractivity contribution in [1.29, 1.82) is 0 Å². The molecule has 7 heteroatoms. The molecule has 1 unspecified atom stereocenters. The number of hydrogen-bond acceptors (Lipinski definition) is 3. The molecule has 1 aromatic rings. The summed E-state index contributed by atoms with van der Waals surface area (Å²) in [6, 6.07) is 5.97. The third-order valence-electron chi connectivity index (χ3n) is 2.13. The number of sulfonamides is 1. The van der Waals surface area contributed by atoms with E-state index in [4.69, 9.17) is 16.7 Å². The van der Waals surface area contributed by atoms with Crippen molar-refractivity contribution in [3.63, 3.8) is 0 Å². The molecule has 0 aliphatic carbocycles. The maximum absolute atomic E-state index is 11.8. The highest BCUT2D eigenvalue weighted by Gasteiger charge is 2.20. The Morgan fingerprint density at radius 1 is 1.47 bits per heavy atom. The Kier molecular flexibility index (Phi) is 4.50. The van der Waals surface area contributed by atoms with Crippen LogP contribution in [-0.2, 0) is 14.8 Å². The SMILES string of the molecule is CC(CNS(=O)(=O)c1ccccc1Cl)C(=O)O. The van der Waals surface area contributed by atoms with Gasteiger partial charge in [0.25, 0.3) is 0 Å². The summed E-state index contributed by atoms with van der Waals surface area (Å²) in [5, 5.41) is 8.74. The van der Waals surface area contributed by atoms with Crippen LogP contribution in [0.2, 0.25) is 5.02 Å². The second-order valence-electron chi connectivity index (χ2n) is 3.52. The molecule has 1 aromatic carbocycles. The molecule has 0 bridgehead atoms. The summed E-state index contributed by atoms with van der Waals surface area (Å²) in [6.07, 6.45) is 0. The van der Waals surface area contributed by atoms with Crippen molar-refractivity contribution in [3.05, 3.63) is 29.3 Å². The van der Waals surface area contributed by atoms with E-state index in [0.717, 1.165) is 0 Å². The van der Waals surface area contributed by atoms with Crippen LogP contribution in [0.3, 0.4) is 0 Å². The van der Waals surface area contributed by atoms with Gasteiger partial charge in [-0.25, -0.2) is 13.1 Å². The molecule has 0 spiro atoms. The third-order valence-corrected chi connectivity index (χ3v) is 4.05. The van der Waals surface area contributed by atoms with Gasteiger partial charge in [-0.15, -0.1) is 0 Å². The van der Waals surface area contributed by atoms with Crippen LogP contribution < -0.4 is 4.72 Å². The Bertz CT molecular complexity index is 515. The number of benzene rings is 1. The Morgan fingerprint density at radius 3 is 2.59 bits per heavy atom. The fourth-order valence-electron chi connectivity index (χ4n) is 1.06. The van der Waals surface area contributed by atoms with Gasteiger partial charge >= 0.3 is 5.97 Å². The van der Waals surface area contributed by atoms with Crippen LogP contribution in [-0.4, -0.2) is 26.0 Å². The molecule has 1 atom stereocenters. The summed E-state index contributed by atoms with van der Waals surface area (Å²) >= 11 is 5.75. The molecule has 0 amide bonds. The average Bonchev–Trinajstić information content (AvgIpc) is 2.26. The van der Waals surface area contributed by atoms with Gasteiger partial charge in [-0.1, -0.05) is 30.7 Å². The zero-order valence-corrected chi connectivity index (χ0v) is 10.6. The van der Waals surface area contributed by atoms with Crippen molar-refractivity contribution in [1.82, 2.24) is 4.72 Å². The first-order chi connectivity index (χ1) is 7.84.